The number of hydrogen-bond donors (Lipinski definition) is 2. The second-order valence-corrected chi connectivity index (χ2v) is 6.70. The number of carbonyl (C=O) groups excluding carboxylic acids is 2. The second-order valence-electron chi connectivity index (χ2n) is 6.70. The van der Waals surface area contributed by atoms with Crippen LogP contribution < -0.4 is 15.4 Å². The molecule has 4 rings (SSSR count). The van der Waals surface area contributed by atoms with Gasteiger partial charge in [0, 0.05) is 36.1 Å². The molecule has 1 aromatic heterocycles. The summed E-state index contributed by atoms with van der Waals surface area (Å²) in [5.74, 6) is -1.00. The maximum Gasteiger partial charge on any atom is 0.257 e. The highest BCUT2D eigenvalue weighted by atomic mass is 19.1. The van der Waals surface area contributed by atoms with Gasteiger partial charge in [-0.2, -0.15) is 0 Å². The third-order valence-electron chi connectivity index (χ3n) is 4.85. The van der Waals surface area contributed by atoms with Crippen LogP contribution in [-0.2, 0) is 4.79 Å². The van der Waals surface area contributed by atoms with Crippen LogP contribution in [0.5, 0.6) is 5.75 Å². The van der Waals surface area contributed by atoms with E-state index in [0.717, 1.165) is 11.1 Å². The first-order chi connectivity index (χ1) is 14.0. The Morgan fingerprint density at radius 1 is 1.24 bits per heavy atom. The molecule has 29 heavy (non-hydrogen) atoms. The Bertz CT molecular complexity index is 1090. The summed E-state index contributed by atoms with van der Waals surface area (Å²) >= 11 is 0. The number of halogens is 1. The quantitative estimate of drug-likeness (QED) is 0.706. The lowest BCUT2D eigenvalue weighted by atomic mass is 9.84. The molecule has 7 heteroatoms. The Morgan fingerprint density at radius 3 is 2.86 bits per heavy atom. The molecule has 1 atom stereocenters. The Balaban J connectivity index is 1.64. The van der Waals surface area contributed by atoms with Crippen molar-refractivity contribution in [2.75, 3.05) is 17.7 Å². The Labute approximate surface area is 166 Å². The predicted octanol–water partition coefficient (Wildman–Crippen LogP) is 3.96. The molecule has 2 heterocycles. The molecule has 0 saturated heterocycles. The van der Waals surface area contributed by atoms with Crippen LogP contribution in [0.25, 0.3) is 0 Å². The van der Waals surface area contributed by atoms with Gasteiger partial charge >= 0.3 is 0 Å². The van der Waals surface area contributed by atoms with Crippen molar-refractivity contribution in [3.8, 4) is 5.75 Å². The number of nitrogens with zero attached hydrogens (tertiary/aromatic N) is 1. The molecule has 3 aromatic rings. The number of fused-ring (bicyclic) bond motifs is 1. The second kappa shape index (κ2) is 7.71. The number of ether oxygens (including phenoxy) is 1. The van der Waals surface area contributed by atoms with Crippen molar-refractivity contribution in [2.45, 2.75) is 12.3 Å². The van der Waals surface area contributed by atoms with E-state index in [1.54, 1.807) is 42.6 Å². The standard InChI is InChI=1S/C22H18FN3O3/c1-29-20-9-13(4-7-18(20)23)17-11-21(27)26-19-10-15(5-6-16(17)19)25-22(28)14-3-2-8-24-12-14/h2-10,12,17H,11H2,1H3,(H,25,28)(H,26,27)/t17-/m1/s1. The molecule has 0 fully saturated rings. The van der Waals surface area contributed by atoms with Crippen molar-refractivity contribution >= 4 is 23.2 Å². The Kier molecular flexibility index (Phi) is 4.95. The van der Waals surface area contributed by atoms with Gasteiger partial charge in [-0.05, 0) is 47.5 Å². The predicted molar refractivity (Wildman–Crippen MR) is 107 cm³/mol. The number of methoxy groups -OCH3 is 1. The van der Waals surface area contributed by atoms with Gasteiger partial charge in [0.05, 0.1) is 12.7 Å². The van der Waals surface area contributed by atoms with Crippen LogP contribution in [0, 0.1) is 5.82 Å². The van der Waals surface area contributed by atoms with E-state index in [9.17, 15) is 14.0 Å². The average Bonchev–Trinajstić information content (AvgIpc) is 2.74. The van der Waals surface area contributed by atoms with Gasteiger partial charge < -0.3 is 15.4 Å². The van der Waals surface area contributed by atoms with Crippen molar-refractivity contribution in [3.05, 3.63) is 83.4 Å². The minimum Gasteiger partial charge on any atom is -0.494 e. The lowest BCUT2D eigenvalue weighted by molar-refractivity contribution is -0.116. The highest BCUT2D eigenvalue weighted by Crippen LogP contribution is 2.39. The monoisotopic (exact) mass is 391 g/mol. The maximum atomic E-state index is 13.8. The molecule has 6 nitrogen and oxygen atoms in total. The summed E-state index contributed by atoms with van der Waals surface area (Å²) in [5, 5.41) is 5.65. The molecule has 1 aliphatic rings. The molecule has 0 bridgehead atoms. The molecule has 2 N–H and O–H groups in total. The molecule has 0 radical (unpaired) electrons. The fourth-order valence-electron chi connectivity index (χ4n) is 3.43. The minimum absolute atomic E-state index is 0.135. The number of benzene rings is 2. The van der Waals surface area contributed by atoms with E-state index >= 15 is 0 Å². The van der Waals surface area contributed by atoms with Gasteiger partial charge in [-0.25, -0.2) is 4.39 Å². The van der Waals surface area contributed by atoms with Crippen molar-refractivity contribution < 1.29 is 18.7 Å². The summed E-state index contributed by atoms with van der Waals surface area (Å²) in [6.45, 7) is 0. The first kappa shape index (κ1) is 18.6. The summed E-state index contributed by atoms with van der Waals surface area (Å²) in [5.41, 5.74) is 3.27. The highest BCUT2D eigenvalue weighted by Gasteiger charge is 2.27. The van der Waals surface area contributed by atoms with E-state index in [1.807, 2.05) is 6.07 Å². The van der Waals surface area contributed by atoms with Crippen molar-refractivity contribution in [1.82, 2.24) is 4.98 Å². The van der Waals surface area contributed by atoms with E-state index in [0.29, 0.717) is 16.9 Å². The fraction of sp³-hybridized carbons (Fsp3) is 0.136. The number of amides is 2. The summed E-state index contributed by atoms with van der Waals surface area (Å²) in [7, 11) is 1.40. The molecular weight excluding hydrogens is 373 g/mol. The molecule has 146 valence electrons. The van der Waals surface area contributed by atoms with E-state index in [-0.39, 0.29) is 29.9 Å². The summed E-state index contributed by atoms with van der Waals surface area (Å²) in [4.78, 5) is 28.6. The molecule has 0 aliphatic carbocycles. The number of pyridine rings is 1. The molecule has 0 saturated carbocycles. The number of carbonyl (C=O) groups is 2. The molecule has 0 unspecified atom stereocenters. The normalized spacial score (nSPS) is 15.2. The van der Waals surface area contributed by atoms with Gasteiger partial charge in [-0.3, -0.25) is 14.6 Å². The van der Waals surface area contributed by atoms with Gasteiger partial charge in [0.25, 0.3) is 5.91 Å². The largest absolute Gasteiger partial charge is 0.494 e. The van der Waals surface area contributed by atoms with Crippen LogP contribution >= 0.6 is 0 Å². The highest BCUT2D eigenvalue weighted by molar-refractivity contribution is 6.05. The third kappa shape index (κ3) is 3.80. The zero-order chi connectivity index (χ0) is 20.4. The van der Waals surface area contributed by atoms with Gasteiger partial charge in [0.15, 0.2) is 11.6 Å². The van der Waals surface area contributed by atoms with Crippen LogP contribution in [0.2, 0.25) is 0 Å². The van der Waals surface area contributed by atoms with Crippen molar-refractivity contribution in [1.29, 1.82) is 0 Å². The van der Waals surface area contributed by atoms with Crippen molar-refractivity contribution in [3.63, 3.8) is 0 Å². The molecule has 2 aromatic carbocycles. The van der Waals surface area contributed by atoms with E-state index in [4.69, 9.17) is 4.74 Å². The number of anilines is 2. The van der Waals surface area contributed by atoms with Gasteiger partial charge in [0.1, 0.15) is 0 Å². The van der Waals surface area contributed by atoms with Gasteiger partial charge in [-0.1, -0.05) is 12.1 Å². The van der Waals surface area contributed by atoms with Crippen LogP contribution in [0.3, 0.4) is 0 Å². The SMILES string of the molecule is COc1cc([C@H]2CC(=O)Nc3cc(NC(=O)c4cccnc4)ccc32)ccc1F. The number of rotatable bonds is 4. The molecule has 2 amide bonds. The van der Waals surface area contributed by atoms with E-state index < -0.39 is 5.82 Å². The smallest absolute Gasteiger partial charge is 0.257 e. The number of nitrogens with one attached hydrogen (secondary N) is 2. The third-order valence-corrected chi connectivity index (χ3v) is 4.85. The summed E-state index contributed by atoms with van der Waals surface area (Å²) in [6.07, 6.45) is 3.31. The zero-order valence-corrected chi connectivity index (χ0v) is 15.6. The first-order valence-corrected chi connectivity index (χ1v) is 9.04. The van der Waals surface area contributed by atoms with E-state index in [1.165, 1.54) is 19.4 Å². The molecular formula is C22H18FN3O3. The lowest BCUT2D eigenvalue weighted by Crippen LogP contribution is -2.24. The van der Waals surface area contributed by atoms with E-state index in [2.05, 4.69) is 15.6 Å². The first-order valence-electron chi connectivity index (χ1n) is 9.04. The summed E-state index contributed by atoms with van der Waals surface area (Å²) < 4.78 is 18.8. The van der Waals surface area contributed by atoms with Crippen LogP contribution in [0.4, 0.5) is 15.8 Å². The van der Waals surface area contributed by atoms with Crippen LogP contribution in [0.1, 0.15) is 33.8 Å². The molecule has 1 aliphatic heterocycles. The lowest BCUT2D eigenvalue weighted by Gasteiger charge is -2.27. The van der Waals surface area contributed by atoms with Crippen molar-refractivity contribution in [2.24, 2.45) is 0 Å². The maximum absolute atomic E-state index is 13.8. The van der Waals surface area contributed by atoms with Gasteiger partial charge in [-0.15, -0.1) is 0 Å². The zero-order valence-electron chi connectivity index (χ0n) is 15.6. The average molecular weight is 391 g/mol. The minimum atomic E-state index is -0.454. The molecule has 0 spiro atoms. The van der Waals surface area contributed by atoms with Gasteiger partial charge in [0.2, 0.25) is 5.91 Å². The number of hydrogen-bond acceptors (Lipinski definition) is 4. The van der Waals surface area contributed by atoms with Crippen LogP contribution in [0.15, 0.2) is 60.9 Å². The van der Waals surface area contributed by atoms with Crippen LogP contribution in [-0.4, -0.2) is 23.9 Å². The summed E-state index contributed by atoms with van der Waals surface area (Å²) in [6, 6.07) is 13.3. The Hall–Kier alpha value is -3.74. The Morgan fingerprint density at radius 2 is 2.10 bits per heavy atom. The topological polar surface area (TPSA) is 80.3 Å². The number of aromatic nitrogens is 1. The fourth-order valence-corrected chi connectivity index (χ4v) is 3.43.